The maximum atomic E-state index is 11.6. The Bertz CT molecular complexity index is 537. The maximum Gasteiger partial charge on any atom is 0.272 e. The molecule has 0 spiro atoms. The Morgan fingerprint density at radius 3 is 2.32 bits per heavy atom. The van der Waals surface area contributed by atoms with Crippen LogP contribution in [0, 0.1) is 11.8 Å². The number of amides is 1. The number of aliphatic hydroxyl groups excluding tert-OH is 2. The van der Waals surface area contributed by atoms with Crippen LogP contribution in [0.2, 0.25) is 0 Å². The van der Waals surface area contributed by atoms with Gasteiger partial charge >= 0.3 is 0 Å². The van der Waals surface area contributed by atoms with E-state index in [2.05, 4.69) is 9.97 Å². The van der Waals surface area contributed by atoms with E-state index in [0.29, 0.717) is 38.5 Å². The predicted molar refractivity (Wildman–Crippen MR) is 90.7 cm³/mol. The summed E-state index contributed by atoms with van der Waals surface area (Å²) in [6.07, 6.45) is 1.38. The second-order valence-corrected chi connectivity index (χ2v) is 6.70. The van der Waals surface area contributed by atoms with Crippen molar-refractivity contribution in [2.75, 3.05) is 31.1 Å². The molecule has 1 aromatic rings. The van der Waals surface area contributed by atoms with Crippen molar-refractivity contribution in [1.82, 2.24) is 20.3 Å². The number of piperazine rings is 1. The molecule has 4 N–H and O–H groups in total. The molecule has 1 saturated heterocycles. The van der Waals surface area contributed by atoms with Gasteiger partial charge in [-0.3, -0.25) is 14.9 Å². The minimum atomic E-state index is -1.47. The van der Waals surface area contributed by atoms with E-state index in [-0.39, 0.29) is 5.92 Å². The predicted octanol–water partition coefficient (Wildman–Crippen LogP) is -0.554. The van der Waals surface area contributed by atoms with Gasteiger partial charge in [-0.2, -0.15) is 0 Å². The lowest BCUT2D eigenvalue weighted by Crippen LogP contribution is -2.56. The summed E-state index contributed by atoms with van der Waals surface area (Å²) >= 11 is 0. The maximum absolute atomic E-state index is 11.6. The minimum Gasteiger partial charge on any atom is -0.383 e. The van der Waals surface area contributed by atoms with Crippen LogP contribution in [0.4, 0.5) is 5.95 Å². The molecule has 9 nitrogen and oxygen atoms in total. The van der Waals surface area contributed by atoms with Crippen LogP contribution >= 0.6 is 0 Å². The lowest BCUT2D eigenvalue weighted by Gasteiger charge is -2.41. The highest BCUT2D eigenvalue weighted by molar-refractivity contribution is 5.79. The van der Waals surface area contributed by atoms with Gasteiger partial charge in [0.05, 0.1) is 0 Å². The second kappa shape index (κ2) is 9.04. The quantitative estimate of drug-likeness (QED) is 0.380. The van der Waals surface area contributed by atoms with Crippen molar-refractivity contribution in [3.63, 3.8) is 0 Å². The third-order valence-corrected chi connectivity index (χ3v) is 4.43. The molecule has 1 unspecified atom stereocenters. The third kappa shape index (κ3) is 5.08. The topological polar surface area (TPSA) is 122 Å². The summed E-state index contributed by atoms with van der Waals surface area (Å²) in [6.45, 7) is 6.29. The highest BCUT2D eigenvalue weighted by Crippen LogP contribution is 2.24. The minimum absolute atomic E-state index is 0.180. The molecule has 0 aliphatic carbocycles. The Morgan fingerprint density at radius 2 is 1.80 bits per heavy atom. The van der Waals surface area contributed by atoms with Gasteiger partial charge in [-0.15, -0.1) is 0 Å². The molecule has 0 saturated carbocycles. The van der Waals surface area contributed by atoms with E-state index in [4.69, 9.17) is 5.21 Å². The van der Waals surface area contributed by atoms with Gasteiger partial charge in [0.1, 0.15) is 12.3 Å². The van der Waals surface area contributed by atoms with Crippen molar-refractivity contribution in [2.24, 2.45) is 11.8 Å². The van der Waals surface area contributed by atoms with Crippen molar-refractivity contribution < 1.29 is 20.2 Å². The first-order valence-electron chi connectivity index (χ1n) is 8.50. The Kier molecular flexibility index (Phi) is 7.06. The molecule has 25 heavy (non-hydrogen) atoms. The van der Waals surface area contributed by atoms with Gasteiger partial charge in [-0.25, -0.2) is 15.4 Å². The van der Waals surface area contributed by atoms with Gasteiger partial charge in [-0.1, -0.05) is 13.8 Å². The van der Waals surface area contributed by atoms with Gasteiger partial charge in [0.25, 0.3) is 5.91 Å². The van der Waals surface area contributed by atoms with Crippen molar-refractivity contribution in [3.8, 4) is 0 Å². The van der Waals surface area contributed by atoms with E-state index >= 15 is 0 Å². The summed E-state index contributed by atoms with van der Waals surface area (Å²) in [7, 11) is 0. The van der Waals surface area contributed by atoms with Gasteiger partial charge < -0.3 is 15.1 Å². The number of hydrogen-bond donors (Lipinski definition) is 4. The van der Waals surface area contributed by atoms with E-state index in [1.165, 1.54) is 5.48 Å². The number of hydrogen-bond acceptors (Lipinski definition) is 8. The number of nitrogens with one attached hydrogen (secondary N) is 1. The Morgan fingerprint density at radius 1 is 1.20 bits per heavy atom. The van der Waals surface area contributed by atoms with Crippen LogP contribution < -0.4 is 10.4 Å². The molecule has 1 fully saturated rings. The molecule has 2 heterocycles. The molecule has 1 aromatic heterocycles. The summed E-state index contributed by atoms with van der Waals surface area (Å²) < 4.78 is 0. The lowest BCUT2D eigenvalue weighted by atomic mass is 9.89. The zero-order valence-electron chi connectivity index (χ0n) is 14.6. The molecule has 1 amide bonds. The number of rotatable bonds is 7. The summed E-state index contributed by atoms with van der Waals surface area (Å²) in [4.78, 5) is 23.9. The van der Waals surface area contributed by atoms with Crippen LogP contribution in [0.5, 0.6) is 0 Å². The molecule has 1 aliphatic heterocycles. The summed E-state index contributed by atoms with van der Waals surface area (Å²) in [5.74, 6) is -0.762. The van der Waals surface area contributed by atoms with Crippen LogP contribution in [-0.4, -0.2) is 74.7 Å². The fourth-order valence-electron chi connectivity index (χ4n) is 3.13. The summed E-state index contributed by atoms with van der Waals surface area (Å²) in [5.41, 5.74) is 1.46. The molecule has 2 rings (SSSR count). The molecule has 1 aliphatic rings. The van der Waals surface area contributed by atoms with Crippen molar-refractivity contribution in [1.29, 1.82) is 0 Å². The van der Waals surface area contributed by atoms with Gasteiger partial charge in [0.15, 0.2) is 0 Å². The standard InChI is InChI=1S/C16H27N5O4/c1-11(2)10-12(13(22)14(23)19-25)15(24)20-6-8-21(9-7-20)16-17-4-3-5-18-16/h3-5,11-13,15,22,24-25H,6-10H2,1-2H3,(H,19,23)/t12-,13+,15?/m0/s1. The van der Waals surface area contributed by atoms with E-state index in [1.807, 2.05) is 23.6 Å². The second-order valence-electron chi connectivity index (χ2n) is 6.70. The van der Waals surface area contributed by atoms with Crippen LogP contribution in [0.15, 0.2) is 18.5 Å². The molecule has 0 radical (unpaired) electrons. The van der Waals surface area contributed by atoms with Gasteiger partial charge in [0.2, 0.25) is 5.95 Å². The zero-order valence-corrected chi connectivity index (χ0v) is 14.6. The van der Waals surface area contributed by atoms with Crippen LogP contribution in [-0.2, 0) is 4.79 Å². The molecule has 0 bridgehead atoms. The zero-order chi connectivity index (χ0) is 18.4. The number of nitrogens with zero attached hydrogens (tertiary/aromatic N) is 4. The Labute approximate surface area is 147 Å². The smallest absolute Gasteiger partial charge is 0.272 e. The fourth-order valence-corrected chi connectivity index (χ4v) is 3.13. The molecule has 9 heteroatoms. The first kappa shape index (κ1) is 19.5. The third-order valence-electron chi connectivity index (χ3n) is 4.43. The number of anilines is 1. The molecule has 0 aromatic carbocycles. The molecule has 140 valence electrons. The van der Waals surface area contributed by atoms with Gasteiger partial charge in [-0.05, 0) is 18.4 Å². The van der Waals surface area contributed by atoms with E-state index in [1.54, 1.807) is 18.5 Å². The first-order valence-corrected chi connectivity index (χ1v) is 8.50. The summed E-state index contributed by atoms with van der Waals surface area (Å²) in [6, 6.07) is 1.76. The van der Waals surface area contributed by atoms with Gasteiger partial charge in [0, 0.05) is 44.5 Å². The van der Waals surface area contributed by atoms with Crippen LogP contribution in [0.25, 0.3) is 0 Å². The first-order chi connectivity index (χ1) is 11.9. The fraction of sp³-hybridized carbons (Fsp3) is 0.688. The van der Waals surface area contributed by atoms with Crippen molar-refractivity contribution >= 4 is 11.9 Å². The van der Waals surface area contributed by atoms with E-state index in [9.17, 15) is 15.0 Å². The van der Waals surface area contributed by atoms with Crippen molar-refractivity contribution in [2.45, 2.75) is 32.6 Å². The molecular formula is C16H27N5O4. The highest BCUT2D eigenvalue weighted by atomic mass is 16.5. The normalized spacial score (nSPS) is 19.5. The number of aliphatic hydroxyl groups is 2. The highest BCUT2D eigenvalue weighted by Gasteiger charge is 2.36. The van der Waals surface area contributed by atoms with E-state index in [0.717, 1.165) is 0 Å². The SMILES string of the molecule is CC(C)C[C@H](C(O)N1CCN(c2ncccn2)CC1)[C@@H](O)C(=O)NO. The number of aromatic nitrogens is 2. The summed E-state index contributed by atoms with van der Waals surface area (Å²) in [5, 5.41) is 29.6. The molecule has 3 atom stereocenters. The Balaban J connectivity index is 2.00. The average molecular weight is 353 g/mol. The van der Waals surface area contributed by atoms with Crippen molar-refractivity contribution in [3.05, 3.63) is 18.5 Å². The lowest BCUT2D eigenvalue weighted by molar-refractivity contribution is -0.150. The average Bonchev–Trinajstić information content (AvgIpc) is 2.65. The van der Waals surface area contributed by atoms with E-state index < -0.39 is 24.2 Å². The largest absolute Gasteiger partial charge is 0.383 e. The number of carbonyl (C=O) groups is 1. The van der Waals surface area contributed by atoms with Crippen LogP contribution in [0.1, 0.15) is 20.3 Å². The molecular weight excluding hydrogens is 326 g/mol. The number of carbonyl (C=O) groups excluding carboxylic acids is 1. The Hall–Kier alpha value is -1.81. The number of hydroxylamine groups is 1. The monoisotopic (exact) mass is 353 g/mol. The van der Waals surface area contributed by atoms with Crippen LogP contribution in [0.3, 0.4) is 0 Å².